The number of aliphatic hydroxyl groups is 1. The van der Waals surface area contributed by atoms with E-state index in [9.17, 15) is 9.50 Å². The molecule has 30 heavy (non-hydrogen) atoms. The number of nitrogens with one attached hydrogen (secondary N) is 3. The summed E-state index contributed by atoms with van der Waals surface area (Å²) in [6.45, 7) is 3.54. The molecular formula is C22H28FIN4O2. The first-order chi connectivity index (χ1) is 14.1. The number of aliphatic hydroxyl groups excluding tert-OH is 1. The molecular weight excluding hydrogens is 498 g/mol. The molecule has 0 fully saturated rings. The minimum absolute atomic E-state index is 0. The monoisotopic (exact) mass is 526 g/mol. The van der Waals surface area contributed by atoms with Crippen LogP contribution in [0, 0.1) is 5.82 Å². The van der Waals surface area contributed by atoms with E-state index >= 15 is 0 Å². The number of H-pyrrole nitrogens is 1. The summed E-state index contributed by atoms with van der Waals surface area (Å²) >= 11 is 0. The van der Waals surface area contributed by atoms with E-state index < -0.39 is 6.10 Å². The van der Waals surface area contributed by atoms with Gasteiger partial charge in [0.05, 0.1) is 19.8 Å². The predicted octanol–water partition coefficient (Wildman–Crippen LogP) is 3.76. The Balaban J connectivity index is 0.00000320. The number of methoxy groups -OCH3 is 1. The van der Waals surface area contributed by atoms with Crippen LogP contribution in [0.5, 0.6) is 5.75 Å². The molecule has 6 nitrogen and oxygen atoms in total. The van der Waals surface area contributed by atoms with Crippen molar-refractivity contribution in [3.63, 3.8) is 0 Å². The summed E-state index contributed by atoms with van der Waals surface area (Å²) < 4.78 is 18.7. The maximum absolute atomic E-state index is 13.5. The molecule has 3 rings (SSSR count). The number of ether oxygens (including phenoxy) is 1. The lowest BCUT2D eigenvalue weighted by Crippen LogP contribution is -2.38. The number of benzene rings is 2. The molecule has 4 N–H and O–H groups in total. The zero-order valence-electron chi connectivity index (χ0n) is 17.1. The first-order valence-electron chi connectivity index (χ1n) is 9.70. The van der Waals surface area contributed by atoms with Crippen molar-refractivity contribution in [2.75, 3.05) is 26.7 Å². The minimum atomic E-state index is -0.725. The third-order valence-electron chi connectivity index (χ3n) is 4.66. The van der Waals surface area contributed by atoms with Gasteiger partial charge in [0.1, 0.15) is 11.6 Å². The SMILES string of the molecule is CCNC(=NCC(O)c1cccc(OC)c1)NCCc1c[nH]c2ccc(F)cc12.I. The van der Waals surface area contributed by atoms with Gasteiger partial charge in [-0.15, -0.1) is 24.0 Å². The highest BCUT2D eigenvalue weighted by molar-refractivity contribution is 14.0. The normalized spacial score (nSPS) is 12.3. The summed E-state index contributed by atoms with van der Waals surface area (Å²) in [4.78, 5) is 7.64. The van der Waals surface area contributed by atoms with Crippen molar-refractivity contribution >= 4 is 40.8 Å². The predicted molar refractivity (Wildman–Crippen MR) is 129 cm³/mol. The van der Waals surface area contributed by atoms with Gasteiger partial charge in [-0.1, -0.05) is 12.1 Å². The van der Waals surface area contributed by atoms with Gasteiger partial charge in [0.25, 0.3) is 0 Å². The molecule has 0 aliphatic carbocycles. The van der Waals surface area contributed by atoms with Gasteiger partial charge < -0.3 is 25.5 Å². The summed E-state index contributed by atoms with van der Waals surface area (Å²) in [7, 11) is 1.60. The van der Waals surface area contributed by atoms with E-state index in [1.165, 1.54) is 6.07 Å². The summed E-state index contributed by atoms with van der Waals surface area (Å²) in [6, 6.07) is 12.1. The molecule has 2 aromatic carbocycles. The Bertz CT molecular complexity index is 977. The topological polar surface area (TPSA) is 81.7 Å². The van der Waals surface area contributed by atoms with Gasteiger partial charge in [0.15, 0.2) is 5.96 Å². The fraction of sp³-hybridized carbons (Fsp3) is 0.318. The zero-order valence-corrected chi connectivity index (χ0v) is 19.4. The third-order valence-corrected chi connectivity index (χ3v) is 4.66. The van der Waals surface area contributed by atoms with E-state index in [-0.39, 0.29) is 36.3 Å². The average molecular weight is 526 g/mol. The number of fused-ring (bicyclic) bond motifs is 1. The molecule has 0 saturated carbocycles. The number of halogens is 2. The van der Waals surface area contributed by atoms with E-state index in [1.807, 2.05) is 31.3 Å². The fourth-order valence-corrected chi connectivity index (χ4v) is 3.15. The van der Waals surface area contributed by atoms with Gasteiger partial charge in [-0.05, 0) is 54.8 Å². The van der Waals surface area contributed by atoms with E-state index in [0.29, 0.717) is 31.2 Å². The van der Waals surface area contributed by atoms with Gasteiger partial charge in [-0.25, -0.2) is 4.39 Å². The van der Waals surface area contributed by atoms with E-state index in [4.69, 9.17) is 4.74 Å². The van der Waals surface area contributed by atoms with Crippen LogP contribution in [-0.2, 0) is 6.42 Å². The number of aromatic amines is 1. The summed E-state index contributed by atoms with van der Waals surface area (Å²) in [6.07, 6.45) is 1.89. The van der Waals surface area contributed by atoms with Gasteiger partial charge >= 0.3 is 0 Å². The Morgan fingerprint density at radius 1 is 1.23 bits per heavy atom. The third kappa shape index (κ3) is 6.33. The van der Waals surface area contributed by atoms with E-state index in [2.05, 4.69) is 20.6 Å². The number of guanidine groups is 1. The van der Waals surface area contributed by atoms with Crippen LogP contribution >= 0.6 is 24.0 Å². The highest BCUT2D eigenvalue weighted by Crippen LogP contribution is 2.20. The minimum Gasteiger partial charge on any atom is -0.497 e. The molecule has 1 aromatic heterocycles. The molecule has 3 aromatic rings. The fourth-order valence-electron chi connectivity index (χ4n) is 3.15. The number of aromatic nitrogens is 1. The second kappa shape index (κ2) is 11.8. The lowest BCUT2D eigenvalue weighted by molar-refractivity contribution is 0.186. The molecule has 0 bridgehead atoms. The van der Waals surface area contributed by atoms with E-state index in [0.717, 1.165) is 22.0 Å². The van der Waals surface area contributed by atoms with Crippen LogP contribution in [-0.4, -0.2) is 42.8 Å². The lowest BCUT2D eigenvalue weighted by atomic mass is 10.1. The molecule has 0 radical (unpaired) electrons. The van der Waals surface area contributed by atoms with Crippen LogP contribution < -0.4 is 15.4 Å². The number of nitrogens with zero attached hydrogens (tertiary/aromatic N) is 1. The Labute approximate surface area is 193 Å². The molecule has 1 heterocycles. The Morgan fingerprint density at radius 3 is 2.83 bits per heavy atom. The van der Waals surface area contributed by atoms with Crippen molar-refractivity contribution in [1.82, 2.24) is 15.6 Å². The molecule has 0 aliphatic heterocycles. The Morgan fingerprint density at radius 2 is 2.07 bits per heavy atom. The van der Waals surface area contributed by atoms with Crippen LogP contribution in [0.2, 0.25) is 0 Å². The van der Waals surface area contributed by atoms with Gasteiger partial charge in [-0.3, -0.25) is 4.99 Å². The van der Waals surface area contributed by atoms with Crippen molar-refractivity contribution in [1.29, 1.82) is 0 Å². The maximum atomic E-state index is 13.5. The van der Waals surface area contributed by atoms with Crippen LogP contribution in [0.25, 0.3) is 10.9 Å². The zero-order chi connectivity index (χ0) is 20.6. The largest absolute Gasteiger partial charge is 0.497 e. The second-order valence-corrected chi connectivity index (χ2v) is 6.69. The van der Waals surface area contributed by atoms with Gasteiger partial charge in [0.2, 0.25) is 0 Å². The highest BCUT2D eigenvalue weighted by atomic mass is 127. The van der Waals surface area contributed by atoms with Crippen molar-refractivity contribution in [3.05, 3.63) is 65.6 Å². The van der Waals surface area contributed by atoms with Crippen molar-refractivity contribution in [3.8, 4) is 5.75 Å². The van der Waals surface area contributed by atoms with Crippen LogP contribution in [0.3, 0.4) is 0 Å². The van der Waals surface area contributed by atoms with Crippen LogP contribution in [0.1, 0.15) is 24.2 Å². The Hall–Kier alpha value is -2.33. The van der Waals surface area contributed by atoms with Crippen molar-refractivity contribution < 1.29 is 14.2 Å². The number of hydrogen-bond donors (Lipinski definition) is 4. The van der Waals surface area contributed by atoms with Gasteiger partial charge in [-0.2, -0.15) is 0 Å². The smallest absolute Gasteiger partial charge is 0.191 e. The first kappa shape index (κ1) is 23.9. The first-order valence-corrected chi connectivity index (χ1v) is 9.70. The van der Waals surface area contributed by atoms with E-state index in [1.54, 1.807) is 25.3 Å². The summed E-state index contributed by atoms with van der Waals surface area (Å²) in [5, 5.41) is 17.7. The molecule has 1 unspecified atom stereocenters. The average Bonchev–Trinajstić information content (AvgIpc) is 3.13. The lowest BCUT2D eigenvalue weighted by Gasteiger charge is -2.14. The molecule has 0 aliphatic rings. The summed E-state index contributed by atoms with van der Waals surface area (Å²) in [5.41, 5.74) is 2.72. The Kier molecular flexibility index (Phi) is 9.38. The number of hydrogen-bond acceptors (Lipinski definition) is 3. The molecule has 0 saturated heterocycles. The van der Waals surface area contributed by atoms with Gasteiger partial charge in [0, 0.05) is 30.2 Å². The van der Waals surface area contributed by atoms with Crippen LogP contribution in [0.4, 0.5) is 4.39 Å². The van der Waals surface area contributed by atoms with Crippen molar-refractivity contribution in [2.45, 2.75) is 19.4 Å². The maximum Gasteiger partial charge on any atom is 0.191 e. The quantitative estimate of drug-likeness (QED) is 0.205. The molecule has 162 valence electrons. The van der Waals surface area contributed by atoms with Crippen LogP contribution in [0.15, 0.2) is 53.7 Å². The molecule has 0 amide bonds. The number of rotatable bonds is 8. The molecule has 1 atom stereocenters. The molecule has 8 heteroatoms. The van der Waals surface area contributed by atoms with Crippen molar-refractivity contribution in [2.24, 2.45) is 4.99 Å². The number of aliphatic imine (C=N–C) groups is 1. The highest BCUT2D eigenvalue weighted by Gasteiger charge is 2.09. The second-order valence-electron chi connectivity index (χ2n) is 6.69. The summed E-state index contributed by atoms with van der Waals surface area (Å²) in [5.74, 6) is 1.08. The standard InChI is InChI=1S/C22H27FN4O2.HI/c1-3-24-22(27-14-21(28)15-5-4-6-18(11-15)29-2)25-10-9-16-13-26-20-8-7-17(23)12-19(16)20;/h4-8,11-13,21,26,28H,3,9-10,14H2,1-2H3,(H2,24,25,27);1H. The molecule has 0 spiro atoms.